The summed E-state index contributed by atoms with van der Waals surface area (Å²) < 4.78 is 22.9. The summed E-state index contributed by atoms with van der Waals surface area (Å²) in [4.78, 5) is 13.4. The van der Waals surface area contributed by atoms with Gasteiger partial charge in [-0.25, -0.2) is 0 Å². The Bertz CT molecular complexity index is 1840. The van der Waals surface area contributed by atoms with Crippen LogP contribution < -0.4 is 5.32 Å². The third kappa shape index (κ3) is 46.4. The normalized spacial score (nSPS) is 22.9. The third-order valence-corrected chi connectivity index (χ3v) is 18.6. The first kappa shape index (κ1) is 86.5. The van der Waals surface area contributed by atoms with Gasteiger partial charge in [0.25, 0.3) is 0 Å². The van der Waals surface area contributed by atoms with Gasteiger partial charge in [0, 0.05) is 6.42 Å². The van der Waals surface area contributed by atoms with Crippen molar-refractivity contribution in [3.63, 3.8) is 0 Å². The van der Waals surface area contributed by atoms with Crippen molar-refractivity contribution in [1.29, 1.82) is 0 Å². The van der Waals surface area contributed by atoms with Crippen LogP contribution in [-0.4, -0.2) is 140 Å². The zero-order valence-corrected chi connectivity index (χ0v) is 59.2. The maximum absolute atomic E-state index is 13.4. The molecular formula is C79H143NO13. The lowest BCUT2D eigenvalue weighted by atomic mass is 9.97. The summed E-state index contributed by atoms with van der Waals surface area (Å²) >= 11 is 0. The largest absolute Gasteiger partial charge is 0.394 e. The van der Waals surface area contributed by atoms with Gasteiger partial charge in [-0.15, -0.1) is 0 Å². The molecule has 9 N–H and O–H groups in total. The Morgan fingerprint density at radius 1 is 0.398 bits per heavy atom. The van der Waals surface area contributed by atoms with Crippen LogP contribution in [0.15, 0.2) is 72.9 Å². The molecule has 12 unspecified atom stereocenters. The van der Waals surface area contributed by atoms with E-state index in [-0.39, 0.29) is 18.9 Å². The van der Waals surface area contributed by atoms with Gasteiger partial charge in [-0.2, -0.15) is 0 Å². The molecule has 0 aromatic heterocycles. The number of aliphatic hydroxyl groups is 8. The zero-order valence-electron chi connectivity index (χ0n) is 59.2. The standard InChI is InChI=1S/C79H143NO13/c1-3-5-7-9-11-13-15-17-19-21-23-25-26-27-28-29-30-31-32-33-34-35-36-37-38-39-40-41-42-43-45-47-49-51-53-55-57-59-61-63-71(84)80-67(68(83)62-60-58-56-54-52-50-48-46-44-24-22-20-18-16-14-12-10-8-6-4-2)66-90-78-76(89)74(87)77(70(65-82)92-78)93-79-75(88)73(86)72(85)69(64-81)91-79/h5,7,11,13,17,19,23,25,27-28,60,62,67-70,72-79,81-83,85-89H,3-4,6,8-10,12,14-16,18,20-22,24,26,29-59,61,63-66H2,1-2H3,(H,80,84)/b7-5-,13-11-,19-17-,25-23-,28-27-,62-60+. The second-order valence-electron chi connectivity index (χ2n) is 27.1. The van der Waals surface area contributed by atoms with Crippen LogP contribution in [-0.2, 0) is 23.7 Å². The van der Waals surface area contributed by atoms with Crippen molar-refractivity contribution in [2.75, 3.05) is 19.8 Å². The van der Waals surface area contributed by atoms with Gasteiger partial charge in [0.2, 0.25) is 5.91 Å². The Balaban J connectivity index is 1.58. The van der Waals surface area contributed by atoms with E-state index in [0.717, 1.165) is 70.6 Å². The van der Waals surface area contributed by atoms with E-state index in [1.807, 2.05) is 6.08 Å². The maximum Gasteiger partial charge on any atom is 0.220 e. The molecule has 0 aromatic carbocycles. The summed E-state index contributed by atoms with van der Waals surface area (Å²) in [5.41, 5.74) is 0. The van der Waals surface area contributed by atoms with Gasteiger partial charge >= 0.3 is 0 Å². The van der Waals surface area contributed by atoms with Crippen LogP contribution in [0.25, 0.3) is 0 Å². The monoisotopic (exact) mass is 1310 g/mol. The maximum atomic E-state index is 13.4. The van der Waals surface area contributed by atoms with Crippen LogP contribution in [0.4, 0.5) is 0 Å². The van der Waals surface area contributed by atoms with Crippen molar-refractivity contribution in [3.05, 3.63) is 72.9 Å². The summed E-state index contributed by atoms with van der Waals surface area (Å²) in [6, 6.07) is -0.916. The molecule has 2 aliphatic rings. The van der Waals surface area contributed by atoms with Crippen LogP contribution in [0.1, 0.15) is 328 Å². The number of rotatable bonds is 64. The Kier molecular flexibility index (Phi) is 58.5. The van der Waals surface area contributed by atoms with Crippen LogP contribution in [0.3, 0.4) is 0 Å². The summed E-state index contributed by atoms with van der Waals surface area (Å²) in [6.07, 6.45) is 69.8. The van der Waals surface area contributed by atoms with Gasteiger partial charge in [-0.1, -0.05) is 331 Å². The number of unbranched alkanes of at least 4 members (excludes halogenated alkanes) is 41. The molecule has 2 fully saturated rings. The third-order valence-electron chi connectivity index (χ3n) is 18.6. The fraction of sp³-hybridized carbons (Fsp3) is 0.835. The van der Waals surface area contributed by atoms with Crippen LogP contribution in [0.2, 0.25) is 0 Å². The number of ether oxygens (including phenoxy) is 4. The quantitative estimate of drug-likeness (QED) is 0.0204. The first-order chi connectivity index (χ1) is 45.6. The van der Waals surface area contributed by atoms with Crippen molar-refractivity contribution in [1.82, 2.24) is 5.32 Å². The minimum absolute atomic E-state index is 0.234. The first-order valence-electron chi connectivity index (χ1n) is 38.7. The fourth-order valence-corrected chi connectivity index (χ4v) is 12.6. The second-order valence-corrected chi connectivity index (χ2v) is 27.1. The number of hydrogen-bond donors (Lipinski definition) is 9. The van der Waals surface area contributed by atoms with Crippen LogP contribution in [0, 0.1) is 0 Å². The topological polar surface area (TPSA) is 228 Å². The van der Waals surface area contributed by atoms with Gasteiger partial charge in [0.15, 0.2) is 12.6 Å². The second kappa shape index (κ2) is 62.9. The van der Waals surface area contributed by atoms with Crippen molar-refractivity contribution in [3.8, 4) is 0 Å². The number of carbonyl (C=O) groups is 1. The predicted octanol–water partition coefficient (Wildman–Crippen LogP) is 17.0. The number of carbonyl (C=O) groups excluding carboxylic acids is 1. The highest BCUT2D eigenvalue weighted by atomic mass is 16.7. The Hall–Kier alpha value is -2.57. The average Bonchev–Trinajstić information content (AvgIpc) is 0.854. The molecule has 0 aromatic rings. The Morgan fingerprint density at radius 2 is 0.742 bits per heavy atom. The molecule has 0 spiro atoms. The van der Waals surface area contributed by atoms with E-state index < -0.39 is 86.8 Å². The van der Waals surface area contributed by atoms with Gasteiger partial charge in [0.1, 0.15) is 48.8 Å². The molecule has 0 radical (unpaired) electrons. The molecule has 0 saturated carbocycles. The van der Waals surface area contributed by atoms with Gasteiger partial charge in [-0.3, -0.25) is 4.79 Å². The number of allylic oxidation sites excluding steroid dienone is 11. The van der Waals surface area contributed by atoms with E-state index in [2.05, 4.69) is 79.9 Å². The first-order valence-corrected chi connectivity index (χ1v) is 38.7. The van der Waals surface area contributed by atoms with E-state index >= 15 is 0 Å². The molecule has 1 amide bonds. The minimum Gasteiger partial charge on any atom is -0.394 e. The number of amides is 1. The van der Waals surface area contributed by atoms with E-state index in [9.17, 15) is 45.6 Å². The molecule has 2 rings (SSSR count). The zero-order chi connectivity index (χ0) is 67.3. The van der Waals surface area contributed by atoms with E-state index in [1.165, 1.54) is 231 Å². The van der Waals surface area contributed by atoms with Gasteiger partial charge < -0.3 is 65.1 Å². The predicted molar refractivity (Wildman–Crippen MR) is 383 cm³/mol. The van der Waals surface area contributed by atoms with E-state index in [0.29, 0.717) is 6.42 Å². The van der Waals surface area contributed by atoms with Crippen LogP contribution >= 0.6 is 0 Å². The molecular weight excluding hydrogens is 1170 g/mol. The lowest BCUT2D eigenvalue weighted by Gasteiger charge is -2.46. The van der Waals surface area contributed by atoms with Crippen LogP contribution in [0.5, 0.6) is 0 Å². The smallest absolute Gasteiger partial charge is 0.220 e. The van der Waals surface area contributed by atoms with Gasteiger partial charge in [0.05, 0.1) is 32.0 Å². The number of hydrogen-bond acceptors (Lipinski definition) is 13. The molecule has 0 aliphatic carbocycles. The van der Waals surface area contributed by atoms with E-state index in [1.54, 1.807) is 6.08 Å². The fourth-order valence-electron chi connectivity index (χ4n) is 12.6. The molecule has 12 atom stereocenters. The average molecular weight is 1320 g/mol. The molecule has 2 aliphatic heterocycles. The SMILES string of the molecule is CC/C=C\C/C=C\C/C=C\C/C=C\C/C=C\CCCCCCCCCCCCCCCCCCCCCCCCCC(=O)NC(COC1OC(CO)C(OC2OC(CO)C(O)C(O)C2O)C(O)C1O)C(O)/C=C/CCCCCCCCCCCCCCCCCCCC. The summed E-state index contributed by atoms with van der Waals surface area (Å²) in [6.45, 7) is 2.73. The molecule has 2 heterocycles. The highest BCUT2D eigenvalue weighted by Crippen LogP contribution is 2.30. The lowest BCUT2D eigenvalue weighted by Crippen LogP contribution is -2.65. The molecule has 14 nitrogen and oxygen atoms in total. The Morgan fingerprint density at radius 3 is 1.14 bits per heavy atom. The highest BCUT2D eigenvalue weighted by Gasteiger charge is 2.51. The number of aliphatic hydroxyl groups excluding tert-OH is 8. The number of nitrogens with one attached hydrogen (secondary N) is 1. The van der Waals surface area contributed by atoms with Crippen molar-refractivity contribution in [2.24, 2.45) is 0 Å². The summed E-state index contributed by atoms with van der Waals surface area (Å²) in [5.74, 6) is -0.234. The summed E-state index contributed by atoms with van der Waals surface area (Å²) in [7, 11) is 0. The van der Waals surface area contributed by atoms with Crippen molar-refractivity contribution >= 4 is 5.91 Å². The molecule has 0 bridgehead atoms. The molecule has 2 saturated heterocycles. The van der Waals surface area contributed by atoms with Crippen molar-refractivity contribution in [2.45, 2.75) is 402 Å². The highest BCUT2D eigenvalue weighted by molar-refractivity contribution is 5.76. The van der Waals surface area contributed by atoms with Gasteiger partial charge in [-0.05, 0) is 64.2 Å². The minimum atomic E-state index is -1.79. The van der Waals surface area contributed by atoms with E-state index in [4.69, 9.17) is 18.9 Å². The molecule has 14 heteroatoms. The summed E-state index contributed by atoms with van der Waals surface area (Å²) in [5, 5.41) is 87.6. The van der Waals surface area contributed by atoms with Crippen molar-refractivity contribution < 1.29 is 64.6 Å². The molecule has 542 valence electrons. The lowest BCUT2D eigenvalue weighted by molar-refractivity contribution is -0.359. The Labute approximate surface area is 568 Å². The molecule has 93 heavy (non-hydrogen) atoms.